The molecule has 0 bridgehead atoms. The highest BCUT2D eigenvalue weighted by Crippen LogP contribution is 2.31. The van der Waals surface area contributed by atoms with Crippen LogP contribution in [0.25, 0.3) is 0 Å². The summed E-state index contributed by atoms with van der Waals surface area (Å²) < 4.78 is 0. The van der Waals surface area contributed by atoms with Gasteiger partial charge in [0, 0.05) is 17.3 Å². The van der Waals surface area contributed by atoms with Crippen molar-refractivity contribution in [2.75, 3.05) is 16.8 Å². The largest absolute Gasteiger partial charge is 0.324 e. The van der Waals surface area contributed by atoms with E-state index in [1.807, 2.05) is 60.8 Å². The first-order valence-electron chi connectivity index (χ1n) is 9.66. The predicted molar refractivity (Wildman–Crippen MR) is 117 cm³/mol. The molecule has 29 heavy (non-hydrogen) atoms. The van der Waals surface area contributed by atoms with Gasteiger partial charge in [-0.2, -0.15) is 0 Å². The van der Waals surface area contributed by atoms with Crippen molar-refractivity contribution in [2.24, 2.45) is 0 Å². The maximum Gasteiger partial charge on any atom is 0.241 e. The van der Waals surface area contributed by atoms with Crippen molar-refractivity contribution in [1.82, 2.24) is 5.32 Å². The maximum atomic E-state index is 13.3. The molecule has 6 heteroatoms. The lowest BCUT2D eigenvalue weighted by molar-refractivity contribution is -0.118. The molecule has 5 nitrogen and oxygen atoms in total. The molecule has 2 amide bonds. The van der Waals surface area contributed by atoms with Gasteiger partial charge in [0.05, 0.1) is 24.0 Å². The van der Waals surface area contributed by atoms with Gasteiger partial charge < -0.3 is 10.2 Å². The third kappa shape index (κ3) is 4.23. The van der Waals surface area contributed by atoms with Gasteiger partial charge in [-0.25, -0.2) is 0 Å². The van der Waals surface area contributed by atoms with Crippen molar-refractivity contribution in [2.45, 2.75) is 25.4 Å². The Morgan fingerprint density at radius 1 is 1.14 bits per heavy atom. The van der Waals surface area contributed by atoms with Crippen LogP contribution < -0.4 is 15.5 Å². The first-order chi connectivity index (χ1) is 14.1. The zero-order chi connectivity index (χ0) is 20.2. The minimum absolute atomic E-state index is 0.0565. The van der Waals surface area contributed by atoms with E-state index < -0.39 is 0 Å². The highest BCUT2D eigenvalue weighted by Gasteiger charge is 2.29. The summed E-state index contributed by atoms with van der Waals surface area (Å²) in [6, 6.07) is 21.4. The molecule has 0 aliphatic carbocycles. The number of nitrogens with zero attached hydrogens (tertiary/aromatic N) is 1. The number of hydrogen-bond donors (Lipinski definition) is 2. The number of thiophene rings is 1. The smallest absolute Gasteiger partial charge is 0.241 e. The van der Waals surface area contributed by atoms with Crippen LogP contribution in [-0.2, 0) is 9.59 Å². The first-order valence-corrected chi connectivity index (χ1v) is 10.5. The van der Waals surface area contributed by atoms with E-state index in [0.29, 0.717) is 5.69 Å². The average Bonchev–Trinajstić information content (AvgIpc) is 3.20. The minimum atomic E-state index is -0.218. The molecule has 2 atom stereocenters. The van der Waals surface area contributed by atoms with Gasteiger partial charge in [-0.15, -0.1) is 11.3 Å². The Hall–Kier alpha value is -2.96. The van der Waals surface area contributed by atoms with Crippen LogP contribution in [0, 0.1) is 0 Å². The molecule has 0 saturated heterocycles. The van der Waals surface area contributed by atoms with Crippen LogP contribution in [0.5, 0.6) is 0 Å². The minimum Gasteiger partial charge on any atom is -0.324 e. The van der Waals surface area contributed by atoms with E-state index in [0.717, 1.165) is 16.1 Å². The van der Waals surface area contributed by atoms with Crippen LogP contribution in [-0.4, -0.2) is 24.4 Å². The second-order valence-corrected chi connectivity index (χ2v) is 8.10. The molecule has 148 valence electrons. The Morgan fingerprint density at radius 3 is 2.66 bits per heavy atom. The van der Waals surface area contributed by atoms with Crippen molar-refractivity contribution >= 4 is 34.5 Å². The number of para-hydroxylation sites is 2. The molecule has 1 aliphatic rings. The number of carbonyl (C=O) groups is 2. The fraction of sp³-hybridized carbons (Fsp3) is 0.217. The standard InChI is InChI=1S/C23H23N3O2S/c1-16-14-21(27)25-18-10-5-6-11-19(18)26(16)22(28)15-24-23(20-12-7-13-29-20)17-8-3-2-4-9-17/h2-13,16,23-24H,14-15H2,1H3,(H,25,27)/t16-,23+/m0/s1. The number of nitrogens with one attached hydrogen (secondary N) is 2. The molecule has 2 N–H and O–H groups in total. The summed E-state index contributed by atoms with van der Waals surface area (Å²) >= 11 is 1.66. The Morgan fingerprint density at radius 2 is 1.90 bits per heavy atom. The summed E-state index contributed by atoms with van der Waals surface area (Å²) in [7, 11) is 0. The van der Waals surface area contributed by atoms with Gasteiger partial charge in [0.1, 0.15) is 0 Å². The van der Waals surface area contributed by atoms with E-state index in [1.54, 1.807) is 16.2 Å². The first kappa shape index (κ1) is 19.4. The summed E-state index contributed by atoms with van der Waals surface area (Å²) in [5.74, 6) is -0.132. The normalized spacial score (nSPS) is 17.2. The number of hydrogen-bond acceptors (Lipinski definition) is 4. The summed E-state index contributed by atoms with van der Waals surface area (Å²) in [4.78, 5) is 28.3. The molecule has 1 aliphatic heterocycles. The Balaban J connectivity index is 1.57. The van der Waals surface area contributed by atoms with Gasteiger partial charge >= 0.3 is 0 Å². The van der Waals surface area contributed by atoms with Gasteiger partial charge in [-0.05, 0) is 36.1 Å². The zero-order valence-electron chi connectivity index (χ0n) is 16.2. The third-order valence-corrected chi connectivity index (χ3v) is 5.98. The van der Waals surface area contributed by atoms with E-state index in [1.165, 1.54) is 0 Å². The van der Waals surface area contributed by atoms with E-state index in [4.69, 9.17) is 0 Å². The average molecular weight is 406 g/mol. The second kappa shape index (κ2) is 8.59. The Bertz CT molecular complexity index is 988. The van der Waals surface area contributed by atoms with Crippen molar-refractivity contribution in [1.29, 1.82) is 0 Å². The number of rotatable bonds is 5. The lowest BCUT2D eigenvalue weighted by Gasteiger charge is -2.29. The SMILES string of the molecule is C[C@H]1CC(=O)Nc2ccccc2N1C(=O)CN[C@H](c1ccccc1)c1cccs1. The van der Waals surface area contributed by atoms with Crippen LogP contribution >= 0.6 is 11.3 Å². The van der Waals surface area contributed by atoms with Gasteiger partial charge in [-0.3, -0.25) is 14.9 Å². The predicted octanol–water partition coefficient (Wildman–Crippen LogP) is 4.19. The van der Waals surface area contributed by atoms with Crippen molar-refractivity contribution in [3.63, 3.8) is 0 Å². The van der Waals surface area contributed by atoms with E-state index in [-0.39, 0.29) is 36.9 Å². The van der Waals surface area contributed by atoms with E-state index in [9.17, 15) is 9.59 Å². The van der Waals surface area contributed by atoms with Crippen molar-refractivity contribution in [3.05, 3.63) is 82.6 Å². The molecule has 2 aromatic carbocycles. The molecule has 0 unspecified atom stereocenters. The summed E-state index contributed by atoms with van der Waals surface area (Å²) in [5, 5.41) is 8.37. The van der Waals surface area contributed by atoms with Crippen LogP contribution in [0.15, 0.2) is 72.1 Å². The molecule has 0 fully saturated rings. The summed E-state index contributed by atoms with van der Waals surface area (Å²) in [5.41, 5.74) is 2.53. The fourth-order valence-corrected chi connectivity index (χ4v) is 4.55. The molecule has 0 radical (unpaired) electrons. The van der Waals surface area contributed by atoms with E-state index in [2.05, 4.69) is 28.8 Å². The Kier molecular flexibility index (Phi) is 5.74. The molecule has 4 rings (SSSR count). The molecule has 2 heterocycles. The third-order valence-electron chi connectivity index (χ3n) is 5.05. The molecule has 0 spiro atoms. The summed E-state index contributed by atoms with van der Waals surface area (Å²) in [6.07, 6.45) is 0.271. The lowest BCUT2D eigenvalue weighted by Crippen LogP contribution is -2.44. The summed E-state index contributed by atoms with van der Waals surface area (Å²) in [6.45, 7) is 2.08. The molecular weight excluding hydrogens is 382 g/mol. The Labute approximate surface area is 174 Å². The number of fused-ring (bicyclic) bond motifs is 1. The highest BCUT2D eigenvalue weighted by atomic mass is 32.1. The van der Waals surface area contributed by atoms with Crippen LogP contribution in [0.1, 0.15) is 29.8 Å². The molecule has 1 aromatic heterocycles. The van der Waals surface area contributed by atoms with Crippen LogP contribution in [0.3, 0.4) is 0 Å². The topological polar surface area (TPSA) is 61.4 Å². The number of amides is 2. The number of benzene rings is 2. The zero-order valence-corrected chi connectivity index (χ0v) is 17.0. The molecular formula is C23H23N3O2S. The monoisotopic (exact) mass is 405 g/mol. The van der Waals surface area contributed by atoms with Crippen LogP contribution in [0.4, 0.5) is 11.4 Å². The highest BCUT2D eigenvalue weighted by molar-refractivity contribution is 7.10. The fourth-order valence-electron chi connectivity index (χ4n) is 3.73. The van der Waals surface area contributed by atoms with Gasteiger partial charge in [0.25, 0.3) is 0 Å². The van der Waals surface area contributed by atoms with E-state index >= 15 is 0 Å². The van der Waals surface area contributed by atoms with Gasteiger partial charge in [0.2, 0.25) is 11.8 Å². The number of carbonyl (C=O) groups excluding carboxylic acids is 2. The van der Waals surface area contributed by atoms with Crippen molar-refractivity contribution < 1.29 is 9.59 Å². The molecule has 0 saturated carbocycles. The van der Waals surface area contributed by atoms with Gasteiger partial charge in [0.15, 0.2) is 0 Å². The quantitative estimate of drug-likeness (QED) is 0.669. The lowest BCUT2D eigenvalue weighted by atomic mass is 10.1. The number of anilines is 2. The molecule has 3 aromatic rings. The second-order valence-electron chi connectivity index (χ2n) is 7.12. The van der Waals surface area contributed by atoms with Crippen molar-refractivity contribution in [3.8, 4) is 0 Å². The van der Waals surface area contributed by atoms with Gasteiger partial charge in [-0.1, -0.05) is 48.5 Å². The van der Waals surface area contributed by atoms with Crippen LogP contribution in [0.2, 0.25) is 0 Å². The maximum absolute atomic E-state index is 13.3.